The summed E-state index contributed by atoms with van der Waals surface area (Å²) >= 11 is 0. The molecular weight excluding hydrogens is 286 g/mol. The Morgan fingerprint density at radius 2 is 1.96 bits per heavy atom. The Labute approximate surface area is 136 Å². The molecule has 0 spiro atoms. The second kappa shape index (κ2) is 6.26. The molecular formula is C19H21N3O. The summed E-state index contributed by atoms with van der Waals surface area (Å²) in [5, 5.41) is 14.0. The van der Waals surface area contributed by atoms with Crippen molar-refractivity contribution in [2.75, 3.05) is 11.1 Å². The Balaban J connectivity index is 1.95. The Morgan fingerprint density at radius 1 is 1.13 bits per heavy atom. The summed E-state index contributed by atoms with van der Waals surface area (Å²) in [6.45, 7) is 4.67. The van der Waals surface area contributed by atoms with Gasteiger partial charge in [0.1, 0.15) is 0 Å². The van der Waals surface area contributed by atoms with Crippen LogP contribution in [0, 0.1) is 13.8 Å². The largest absolute Gasteiger partial charge is 0.399 e. The highest BCUT2D eigenvalue weighted by molar-refractivity contribution is 5.92. The third-order valence-corrected chi connectivity index (χ3v) is 3.87. The van der Waals surface area contributed by atoms with E-state index in [0.717, 1.165) is 44.7 Å². The number of aryl methyl sites for hydroxylation is 2. The lowest BCUT2D eigenvalue weighted by atomic mass is 10.1. The van der Waals surface area contributed by atoms with Crippen LogP contribution in [-0.4, -0.2) is 10.1 Å². The normalized spacial score (nSPS) is 10.9. The fourth-order valence-corrected chi connectivity index (χ4v) is 2.93. The van der Waals surface area contributed by atoms with E-state index >= 15 is 0 Å². The molecule has 0 aliphatic rings. The number of benzene rings is 2. The first kappa shape index (κ1) is 15.3. The van der Waals surface area contributed by atoms with Crippen LogP contribution in [0.2, 0.25) is 0 Å². The number of aliphatic hydroxyl groups excluding tert-OH is 1. The van der Waals surface area contributed by atoms with Gasteiger partial charge < -0.3 is 16.2 Å². The van der Waals surface area contributed by atoms with E-state index in [9.17, 15) is 5.11 Å². The number of para-hydroxylation sites is 1. The van der Waals surface area contributed by atoms with Gasteiger partial charge in [-0.2, -0.15) is 0 Å². The van der Waals surface area contributed by atoms with Crippen LogP contribution in [0.3, 0.4) is 0 Å². The van der Waals surface area contributed by atoms with Crippen LogP contribution >= 0.6 is 0 Å². The van der Waals surface area contributed by atoms with Gasteiger partial charge in [0, 0.05) is 23.3 Å². The van der Waals surface area contributed by atoms with E-state index in [1.165, 1.54) is 0 Å². The number of aromatic nitrogens is 1. The minimum Gasteiger partial charge on any atom is -0.399 e. The first-order valence-corrected chi connectivity index (χ1v) is 7.67. The summed E-state index contributed by atoms with van der Waals surface area (Å²) in [7, 11) is 0. The smallest absolute Gasteiger partial charge is 0.0940 e. The number of pyridine rings is 1. The summed E-state index contributed by atoms with van der Waals surface area (Å²) in [4.78, 5) is 4.63. The molecule has 0 radical (unpaired) electrons. The third kappa shape index (κ3) is 3.27. The van der Waals surface area contributed by atoms with Crippen molar-refractivity contribution in [1.29, 1.82) is 0 Å². The molecule has 3 aromatic rings. The second-order valence-electron chi connectivity index (χ2n) is 5.89. The highest BCUT2D eigenvalue weighted by atomic mass is 16.3. The zero-order valence-corrected chi connectivity index (χ0v) is 13.4. The molecule has 0 amide bonds. The number of aliphatic hydroxyl groups is 1. The molecule has 4 heteroatoms. The van der Waals surface area contributed by atoms with E-state index in [-0.39, 0.29) is 6.61 Å². The number of nitrogens with zero attached hydrogens (tertiary/aromatic N) is 1. The molecule has 23 heavy (non-hydrogen) atoms. The van der Waals surface area contributed by atoms with Gasteiger partial charge in [0.05, 0.1) is 17.8 Å². The zero-order chi connectivity index (χ0) is 16.4. The molecule has 0 aliphatic heterocycles. The van der Waals surface area contributed by atoms with Gasteiger partial charge in [-0.25, -0.2) is 0 Å². The molecule has 0 aliphatic carbocycles. The summed E-state index contributed by atoms with van der Waals surface area (Å²) < 4.78 is 0. The van der Waals surface area contributed by atoms with Crippen LogP contribution in [0.25, 0.3) is 10.9 Å². The van der Waals surface area contributed by atoms with Crippen LogP contribution < -0.4 is 11.1 Å². The number of nitrogens with two attached hydrogens (primary N) is 1. The highest BCUT2D eigenvalue weighted by Gasteiger charge is 2.07. The van der Waals surface area contributed by atoms with Crippen molar-refractivity contribution in [3.8, 4) is 0 Å². The van der Waals surface area contributed by atoms with Gasteiger partial charge in [0.15, 0.2) is 0 Å². The van der Waals surface area contributed by atoms with Crippen LogP contribution in [0.5, 0.6) is 0 Å². The molecule has 4 nitrogen and oxygen atoms in total. The molecule has 0 unspecified atom stereocenters. The summed E-state index contributed by atoms with van der Waals surface area (Å²) in [5.41, 5.74) is 12.6. The number of nitrogen functional groups attached to an aromatic ring is 1. The quantitative estimate of drug-likeness (QED) is 0.645. The van der Waals surface area contributed by atoms with Gasteiger partial charge in [0.2, 0.25) is 0 Å². The van der Waals surface area contributed by atoms with Crippen molar-refractivity contribution in [2.45, 2.75) is 27.0 Å². The Kier molecular flexibility index (Phi) is 4.17. The molecule has 118 valence electrons. The number of hydrogen-bond acceptors (Lipinski definition) is 4. The predicted molar refractivity (Wildman–Crippen MR) is 95.3 cm³/mol. The Bertz CT molecular complexity index is 838. The van der Waals surface area contributed by atoms with Crippen molar-refractivity contribution >= 4 is 22.3 Å². The third-order valence-electron chi connectivity index (χ3n) is 3.87. The molecule has 0 atom stereocenters. The molecule has 0 saturated carbocycles. The minimum atomic E-state index is 0.0116. The molecule has 1 heterocycles. The second-order valence-corrected chi connectivity index (χ2v) is 5.89. The standard InChI is InChI=1S/C19H21N3O/c1-12-6-14(9-16(20)7-12)10-21-18-5-3-4-17-15(11-23)8-13(2)22-19(17)18/h3-9,21,23H,10-11,20H2,1-2H3. The molecule has 0 bridgehead atoms. The minimum absolute atomic E-state index is 0.0116. The van der Waals surface area contributed by atoms with E-state index in [2.05, 4.69) is 16.4 Å². The van der Waals surface area contributed by atoms with Crippen LogP contribution in [-0.2, 0) is 13.2 Å². The molecule has 3 rings (SSSR count). The number of anilines is 2. The number of nitrogens with one attached hydrogen (secondary N) is 1. The summed E-state index contributed by atoms with van der Waals surface area (Å²) in [6, 6.07) is 14.0. The molecule has 2 aromatic carbocycles. The highest BCUT2D eigenvalue weighted by Crippen LogP contribution is 2.26. The fourth-order valence-electron chi connectivity index (χ4n) is 2.93. The van der Waals surface area contributed by atoms with Crippen molar-refractivity contribution in [1.82, 2.24) is 4.98 Å². The Hall–Kier alpha value is -2.59. The van der Waals surface area contributed by atoms with Crippen LogP contribution in [0.4, 0.5) is 11.4 Å². The van der Waals surface area contributed by atoms with Gasteiger partial charge in [-0.1, -0.05) is 18.2 Å². The number of hydrogen-bond donors (Lipinski definition) is 3. The van der Waals surface area contributed by atoms with Gasteiger partial charge in [-0.3, -0.25) is 4.98 Å². The number of rotatable bonds is 4. The van der Waals surface area contributed by atoms with Gasteiger partial charge >= 0.3 is 0 Å². The van der Waals surface area contributed by atoms with Crippen LogP contribution in [0.15, 0.2) is 42.5 Å². The topological polar surface area (TPSA) is 71.2 Å². The van der Waals surface area contributed by atoms with Crippen molar-refractivity contribution in [3.63, 3.8) is 0 Å². The van der Waals surface area contributed by atoms with Crippen molar-refractivity contribution in [3.05, 3.63) is 64.8 Å². The zero-order valence-electron chi connectivity index (χ0n) is 13.4. The number of fused-ring (bicyclic) bond motifs is 1. The van der Waals surface area contributed by atoms with Gasteiger partial charge in [-0.05, 0) is 54.8 Å². The van der Waals surface area contributed by atoms with Crippen LogP contribution in [0.1, 0.15) is 22.4 Å². The van der Waals surface area contributed by atoms with E-state index in [1.807, 2.05) is 50.2 Å². The van der Waals surface area contributed by atoms with E-state index in [4.69, 9.17) is 5.73 Å². The molecule has 1 aromatic heterocycles. The Morgan fingerprint density at radius 3 is 2.70 bits per heavy atom. The first-order valence-electron chi connectivity index (χ1n) is 7.67. The lowest BCUT2D eigenvalue weighted by Crippen LogP contribution is -2.03. The van der Waals surface area contributed by atoms with E-state index in [1.54, 1.807) is 0 Å². The predicted octanol–water partition coefficient (Wildman–Crippen LogP) is 3.54. The van der Waals surface area contributed by atoms with Crippen molar-refractivity contribution in [2.24, 2.45) is 0 Å². The first-order chi connectivity index (χ1) is 11.1. The van der Waals surface area contributed by atoms with Gasteiger partial charge in [0.25, 0.3) is 0 Å². The maximum absolute atomic E-state index is 9.56. The lowest BCUT2D eigenvalue weighted by Gasteiger charge is -2.12. The average molecular weight is 307 g/mol. The fraction of sp³-hybridized carbons (Fsp3) is 0.211. The maximum Gasteiger partial charge on any atom is 0.0940 e. The SMILES string of the molecule is Cc1cc(N)cc(CNc2cccc3c(CO)cc(C)nc23)c1. The lowest BCUT2D eigenvalue weighted by molar-refractivity contribution is 0.283. The monoisotopic (exact) mass is 307 g/mol. The molecule has 0 fully saturated rings. The van der Waals surface area contributed by atoms with Crippen molar-refractivity contribution < 1.29 is 5.11 Å². The van der Waals surface area contributed by atoms with E-state index in [0.29, 0.717) is 6.54 Å². The molecule has 4 N–H and O–H groups in total. The summed E-state index contributed by atoms with van der Waals surface area (Å²) in [6.07, 6.45) is 0. The van der Waals surface area contributed by atoms with E-state index < -0.39 is 0 Å². The summed E-state index contributed by atoms with van der Waals surface area (Å²) in [5.74, 6) is 0. The van der Waals surface area contributed by atoms with Gasteiger partial charge in [-0.15, -0.1) is 0 Å². The average Bonchev–Trinajstić information content (AvgIpc) is 2.51. The molecule has 0 saturated heterocycles. The maximum atomic E-state index is 9.56.